The van der Waals surface area contributed by atoms with Crippen LogP contribution < -0.4 is 9.64 Å². The predicted octanol–water partition coefficient (Wildman–Crippen LogP) is 2.56. The smallest absolute Gasteiger partial charge is 0.142 e. The van der Waals surface area contributed by atoms with Crippen molar-refractivity contribution in [3.63, 3.8) is 0 Å². The van der Waals surface area contributed by atoms with Crippen LogP contribution in [0.4, 0.5) is 5.69 Å². The molecule has 1 saturated heterocycles. The highest BCUT2D eigenvalue weighted by Crippen LogP contribution is 2.28. The average Bonchev–Trinajstić information content (AvgIpc) is 2.61. The van der Waals surface area contributed by atoms with Crippen LogP contribution in [0.25, 0.3) is 0 Å². The molecule has 2 aromatic carbocycles. The van der Waals surface area contributed by atoms with E-state index in [-0.39, 0.29) is 5.75 Å². The summed E-state index contributed by atoms with van der Waals surface area (Å²) in [6, 6.07) is 15.3. The van der Waals surface area contributed by atoms with Crippen LogP contribution in [0.5, 0.6) is 11.5 Å². The third-order valence-electron chi connectivity index (χ3n) is 3.98. The summed E-state index contributed by atoms with van der Waals surface area (Å²) in [6.45, 7) is 3.45. The molecule has 0 bridgehead atoms. The largest absolute Gasteiger partial charge is 0.507 e. The van der Waals surface area contributed by atoms with Gasteiger partial charge in [0, 0.05) is 18.7 Å². The average molecular weight is 311 g/mol. The fraction of sp³-hybridized carbons (Fsp3) is 0.278. The lowest BCUT2D eigenvalue weighted by atomic mass is 10.2. The van der Waals surface area contributed by atoms with Gasteiger partial charge in [0.2, 0.25) is 0 Å². The number of nitrogens with zero attached hydrogens (tertiary/aromatic N) is 3. The minimum absolute atomic E-state index is 0.254. The summed E-state index contributed by atoms with van der Waals surface area (Å²) in [7, 11) is 1.70. The highest BCUT2D eigenvalue weighted by Gasteiger charge is 2.18. The van der Waals surface area contributed by atoms with Crippen molar-refractivity contribution in [1.82, 2.24) is 5.01 Å². The molecule has 3 rings (SSSR count). The lowest BCUT2D eigenvalue weighted by Gasteiger charge is -2.35. The van der Waals surface area contributed by atoms with Gasteiger partial charge in [0.25, 0.3) is 0 Å². The van der Waals surface area contributed by atoms with Gasteiger partial charge in [-0.2, -0.15) is 5.10 Å². The highest BCUT2D eigenvalue weighted by atomic mass is 16.5. The van der Waals surface area contributed by atoms with Crippen molar-refractivity contribution >= 4 is 11.9 Å². The Morgan fingerprint density at radius 1 is 1.00 bits per heavy atom. The quantitative estimate of drug-likeness (QED) is 0.882. The molecule has 0 unspecified atom stereocenters. The first-order chi connectivity index (χ1) is 11.3. The number of phenolic OH excluding ortho intramolecular Hbond substituents is 1. The van der Waals surface area contributed by atoms with Crippen molar-refractivity contribution in [1.29, 1.82) is 0 Å². The number of methoxy groups -OCH3 is 1. The number of hydrogen-bond acceptors (Lipinski definition) is 5. The Labute approximate surface area is 136 Å². The summed E-state index contributed by atoms with van der Waals surface area (Å²) in [5, 5.41) is 16.3. The summed E-state index contributed by atoms with van der Waals surface area (Å²) in [5.74, 6) is 1.16. The van der Waals surface area contributed by atoms with Crippen LogP contribution in [0.2, 0.25) is 0 Å². The summed E-state index contributed by atoms with van der Waals surface area (Å²) < 4.78 is 5.43. The van der Waals surface area contributed by atoms with Crippen LogP contribution in [0.15, 0.2) is 53.6 Å². The topological polar surface area (TPSA) is 48.3 Å². The van der Waals surface area contributed by atoms with E-state index in [1.165, 1.54) is 0 Å². The van der Waals surface area contributed by atoms with Gasteiger partial charge in [0.15, 0.2) is 0 Å². The third kappa shape index (κ3) is 3.56. The summed E-state index contributed by atoms with van der Waals surface area (Å²) in [6.07, 6.45) is 1.72. The molecule has 1 aliphatic heterocycles. The molecular formula is C18H21N3O2. The first kappa shape index (κ1) is 15.2. The van der Waals surface area contributed by atoms with E-state index in [0.717, 1.165) is 43.2 Å². The number of para-hydroxylation sites is 3. The summed E-state index contributed by atoms with van der Waals surface area (Å²) in [4.78, 5) is 2.31. The van der Waals surface area contributed by atoms with Crippen LogP contribution >= 0.6 is 0 Å². The van der Waals surface area contributed by atoms with E-state index in [1.807, 2.05) is 35.3 Å². The number of benzene rings is 2. The molecule has 0 amide bonds. The molecule has 0 spiro atoms. The van der Waals surface area contributed by atoms with Gasteiger partial charge in [-0.1, -0.05) is 24.3 Å². The van der Waals surface area contributed by atoms with Gasteiger partial charge in [-0.3, -0.25) is 5.01 Å². The predicted molar refractivity (Wildman–Crippen MR) is 92.5 cm³/mol. The SMILES string of the molecule is COc1ccccc1N1CCN(/N=C/c2ccccc2O)CC1. The highest BCUT2D eigenvalue weighted by molar-refractivity contribution is 5.83. The van der Waals surface area contributed by atoms with E-state index < -0.39 is 0 Å². The molecular weight excluding hydrogens is 290 g/mol. The standard InChI is InChI=1S/C18H21N3O2/c1-23-18-9-5-3-7-16(18)20-10-12-21(13-11-20)19-14-15-6-2-4-8-17(15)22/h2-9,14,22H,10-13H2,1H3/b19-14+. The van der Waals surface area contributed by atoms with Gasteiger partial charge in [-0.05, 0) is 24.3 Å². The molecule has 0 saturated carbocycles. The van der Waals surface area contributed by atoms with E-state index in [9.17, 15) is 5.11 Å². The fourth-order valence-corrected chi connectivity index (χ4v) is 2.68. The Morgan fingerprint density at radius 3 is 2.43 bits per heavy atom. The monoisotopic (exact) mass is 311 g/mol. The molecule has 0 radical (unpaired) electrons. The second-order valence-corrected chi connectivity index (χ2v) is 5.42. The maximum Gasteiger partial charge on any atom is 0.142 e. The van der Waals surface area contributed by atoms with Crippen molar-refractivity contribution in [2.24, 2.45) is 5.10 Å². The Kier molecular flexibility index (Phi) is 4.66. The van der Waals surface area contributed by atoms with E-state index in [4.69, 9.17) is 4.74 Å². The molecule has 1 heterocycles. The van der Waals surface area contributed by atoms with Crippen molar-refractivity contribution < 1.29 is 9.84 Å². The number of aromatic hydroxyl groups is 1. The molecule has 1 N–H and O–H groups in total. The number of hydrazone groups is 1. The zero-order chi connectivity index (χ0) is 16.1. The Morgan fingerprint density at radius 2 is 1.70 bits per heavy atom. The van der Waals surface area contributed by atoms with Crippen molar-refractivity contribution in [2.75, 3.05) is 38.2 Å². The van der Waals surface area contributed by atoms with Crippen molar-refractivity contribution in [2.45, 2.75) is 0 Å². The summed E-state index contributed by atoms with van der Waals surface area (Å²) >= 11 is 0. The Bertz CT molecular complexity index is 679. The second kappa shape index (κ2) is 7.05. The second-order valence-electron chi connectivity index (χ2n) is 5.42. The summed E-state index contributed by atoms with van der Waals surface area (Å²) in [5.41, 5.74) is 1.86. The molecule has 1 aliphatic rings. The number of ether oxygens (including phenoxy) is 1. The first-order valence-corrected chi connectivity index (χ1v) is 7.73. The number of piperazine rings is 1. The molecule has 5 nitrogen and oxygen atoms in total. The molecule has 120 valence electrons. The Balaban J connectivity index is 1.61. The molecule has 0 aromatic heterocycles. The van der Waals surface area contributed by atoms with Gasteiger partial charge in [-0.25, -0.2) is 0 Å². The van der Waals surface area contributed by atoms with Gasteiger partial charge < -0.3 is 14.7 Å². The molecule has 23 heavy (non-hydrogen) atoms. The van der Waals surface area contributed by atoms with E-state index in [0.29, 0.717) is 0 Å². The van der Waals surface area contributed by atoms with Gasteiger partial charge in [0.05, 0.1) is 32.1 Å². The maximum atomic E-state index is 9.76. The van der Waals surface area contributed by atoms with Gasteiger partial charge >= 0.3 is 0 Å². The van der Waals surface area contributed by atoms with Crippen LogP contribution in [0.3, 0.4) is 0 Å². The van der Waals surface area contributed by atoms with Crippen molar-refractivity contribution in [3.05, 3.63) is 54.1 Å². The lowest BCUT2D eigenvalue weighted by molar-refractivity contribution is 0.271. The lowest BCUT2D eigenvalue weighted by Crippen LogP contribution is -2.44. The minimum Gasteiger partial charge on any atom is -0.507 e. The van der Waals surface area contributed by atoms with Crippen molar-refractivity contribution in [3.8, 4) is 11.5 Å². The number of rotatable bonds is 4. The molecule has 1 fully saturated rings. The van der Waals surface area contributed by atoms with Gasteiger partial charge in [-0.15, -0.1) is 0 Å². The number of phenols is 1. The fourth-order valence-electron chi connectivity index (χ4n) is 2.68. The molecule has 2 aromatic rings. The van der Waals surface area contributed by atoms with E-state index in [1.54, 1.807) is 25.5 Å². The van der Waals surface area contributed by atoms with Crippen LogP contribution in [-0.2, 0) is 0 Å². The van der Waals surface area contributed by atoms with Gasteiger partial charge in [0.1, 0.15) is 11.5 Å². The number of hydrogen-bond donors (Lipinski definition) is 1. The zero-order valence-corrected chi connectivity index (χ0v) is 13.2. The molecule has 5 heteroatoms. The van der Waals surface area contributed by atoms with E-state index >= 15 is 0 Å². The molecule has 0 atom stereocenters. The Hall–Kier alpha value is -2.69. The van der Waals surface area contributed by atoms with E-state index in [2.05, 4.69) is 16.1 Å². The van der Waals surface area contributed by atoms with Crippen LogP contribution in [0, 0.1) is 0 Å². The minimum atomic E-state index is 0.254. The first-order valence-electron chi connectivity index (χ1n) is 7.73. The maximum absolute atomic E-state index is 9.76. The van der Waals surface area contributed by atoms with Crippen LogP contribution in [0.1, 0.15) is 5.56 Å². The normalized spacial score (nSPS) is 15.2. The zero-order valence-electron chi connectivity index (χ0n) is 13.2. The third-order valence-corrected chi connectivity index (χ3v) is 3.98. The number of anilines is 1. The van der Waals surface area contributed by atoms with Crippen LogP contribution in [-0.4, -0.2) is 49.6 Å². The molecule has 0 aliphatic carbocycles.